The van der Waals surface area contributed by atoms with Gasteiger partial charge in [-0.25, -0.2) is 0 Å². The van der Waals surface area contributed by atoms with Gasteiger partial charge < -0.3 is 10.0 Å². The Morgan fingerprint density at radius 1 is 1.10 bits per heavy atom. The van der Waals surface area contributed by atoms with Gasteiger partial charge in [-0.3, -0.25) is 4.79 Å². The maximum atomic E-state index is 10.9. The quantitative estimate of drug-likeness (QED) is 0.865. The molecule has 2 aromatic rings. The lowest BCUT2D eigenvalue weighted by Gasteiger charge is -2.27. The lowest BCUT2D eigenvalue weighted by Crippen LogP contribution is -2.18. The molecule has 0 spiro atoms. The Hall–Kier alpha value is -2.29. The summed E-state index contributed by atoms with van der Waals surface area (Å²) in [5.41, 5.74) is 4.49. The third-order valence-electron chi connectivity index (χ3n) is 3.65. The van der Waals surface area contributed by atoms with E-state index in [9.17, 15) is 4.79 Å². The molecule has 0 saturated heterocycles. The first kappa shape index (κ1) is 15.1. The number of carboxylic acid groups (broad SMARTS) is 1. The van der Waals surface area contributed by atoms with Gasteiger partial charge in [0, 0.05) is 24.3 Å². The molecule has 3 nitrogen and oxygen atoms in total. The van der Waals surface area contributed by atoms with Crippen LogP contribution in [0.15, 0.2) is 48.5 Å². The molecule has 0 saturated carbocycles. The summed E-state index contributed by atoms with van der Waals surface area (Å²) in [4.78, 5) is 13.1. The Kier molecular flexibility index (Phi) is 4.99. The van der Waals surface area contributed by atoms with Crippen LogP contribution in [0.4, 0.5) is 11.4 Å². The number of carbonyl (C=O) groups is 1. The number of benzene rings is 2. The van der Waals surface area contributed by atoms with E-state index in [1.54, 1.807) is 0 Å². The highest BCUT2D eigenvalue weighted by atomic mass is 16.4. The molecule has 21 heavy (non-hydrogen) atoms. The first-order chi connectivity index (χ1) is 10.1. The number of anilines is 2. The van der Waals surface area contributed by atoms with Crippen LogP contribution in [-0.2, 0) is 11.2 Å². The largest absolute Gasteiger partial charge is 0.481 e. The van der Waals surface area contributed by atoms with Crippen LogP contribution in [0.25, 0.3) is 0 Å². The number of rotatable bonds is 6. The molecule has 2 aromatic carbocycles. The molecule has 0 bridgehead atoms. The summed E-state index contributed by atoms with van der Waals surface area (Å²) in [7, 11) is 0. The van der Waals surface area contributed by atoms with Crippen LogP contribution in [0.2, 0.25) is 0 Å². The van der Waals surface area contributed by atoms with Gasteiger partial charge in [0.05, 0.1) is 0 Å². The van der Waals surface area contributed by atoms with Gasteiger partial charge >= 0.3 is 5.97 Å². The van der Waals surface area contributed by atoms with Crippen LogP contribution in [0, 0.1) is 6.92 Å². The highest BCUT2D eigenvalue weighted by molar-refractivity contribution is 5.71. The van der Waals surface area contributed by atoms with Gasteiger partial charge in [-0.05, 0) is 49.6 Å². The summed E-state index contributed by atoms with van der Waals surface area (Å²) in [5, 5.41) is 8.96. The number of hydrogen-bond donors (Lipinski definition) is 1. The number of aliphatic carboxylic acids is 1. The van der Waals surface area contributed by atoms with Crippen molar-refractivity contribution in [2.75, 3.05) is 11.4 Å². The zero-order chi connectivity index (χ0) is 15.2. The standard InChI is InChI=1S/C18H21NO2/c1-3-19(15-9-5-4-6-10-15)17-11-7-8-14(2)16(17)12-13-18(20)21/h4-11H,3,12-13H2,1-2H3,(H,20,21). The number of nitrogens with zero attached hydrogens (tertiary/aromatic N) is 1. The lowest BCUT2D eigenvalue weighted by atomic mass is 10.0. The van der Waals surface area contributed by atoms with Gasteiger partial charge in [0.15, 0.2) is 0 Å². The van der Waals surface area contributed by atoms with E-state index in [1.165, 1.54) is 0 Å². The van der Waals surface area contributed by atoms with Crippen molar-refractivity contribution in [1.82, 2.24) is 0 Å². The molecule has 0 fully saturated rings. The normalized spacial score (nSPS) is 10.4. The monoisotopic (exact) mass is 283 g/mol. The highest BCUT2D eigenvalue weighted by Crippen LogP contribution is 2.31. The average Bonchev–Trinajstić information content (AvgIpc) is 2.48. The third-order valence-corrected chi connectivity index (χ3v) is 3.65. The fourth-order valence-corrected chi connectivity index (χ4v) is 2.60. The molecule has 0 radical (unpaired) electrons. The topological polar surface area (TPSA) is 40.5 Å². The average molecular weight is 283 g/mol. The first-order valence-corrected chi connectivity index (χ1v) is 7.26. The Morgan fingerprint density at radius 3 is 2.43 bits per heavy atom. The van der Waals surface area contributed by atoms with Crippen molar-refractivity contribution in [2.24, 2.45) is 0 Å². The second kappa shape index (κ2) is 6.93. The third kappa shape index (κ3) is 3.63. The van der Waals surface area contributed by atoms with Crippen molar-refractivity contribution < 1.29 is 9.90 Å². The lowest BCUT2D eigenvalue weighted by molar-refractivity contribution is -0.136. The Morgan fingerprint density at radius 2 is 1.81 bits per heavy atom. The SMILES string of the molecule is CCN(c1ccccc1)c1cccc(C)c1CCC(=O)O. The zero-order valence-electron chi connectivity index (χ0n) is 12.5. The van der Waals surface area contributed by atoms with Crippen LogP contribution >= 0.6 is 0 Å². The van der Waals surface area contributed by atoms with Crippen LogP contribution in [0.5, 0.6) is 0 Å². The van der Waals surface area contributed by atoms with Gasteiger partial charge in [0.2, 0.25) is 0 Å². The van der Waals surface area contributed by atoms with Gasteiger partial charge in [0.25, 0.3) is 0 Å². The number of para-hydroxylation sites is 1. The van der Waals surface area contributed by atoms with E-state index in [4.69, 9.17) is 5.11 Å². The van der Waals surface area contributed by atoms with E-state index >= 15 is 0 Å². The molecular formula is C18H21NO2. The smallest absolute Gasteiger partial charge is 0.303 e. The molecule has 0 aliphatic heterocycles. The van der Waals surface area contributed by atoms with Crippen molar-refractivity contribution in [2.45, 2.75) is 26.7 Å². The maximum absolute atomic E-state index is 10.9. The summed E-state index contributed by atoms with van der Waals surface area (Å²) >= 11 is 0. The Labute approximate surface area is 125 Å². The van der Waals surface area contributed by atoms with Gasteiger partial charge in [0.1, 0.15) is 0 Å². The Bertz CT molecular complexity index is 608. The van der Waals surface area contributed by atoms with Crippen molar-refractivity contribution in [3.63, 3.8) is 0 Å². The molecular weight excluding hydrogens is 262 g/mol. The second-order valence-electron chi connectivity index (χ2n) is 5.05. The number of carboxylic acids is 1. The molecule has 0 aliphatic rings. The van der Waals surface area contributed by atoms with E-state index < -0.39 is 5.97 Å². The molecule has 0 amide bonds. The van der Waals surface area contributed by atoms with Crippen LogP contribution in [0.3, 0.4) is 0 Å². The van der Waals surface area contributed by atoms with Crippen molar-refractivity contribution in [3.8, 4) is 0 Å². The van der Waals surface area contributed by atoms with E-state index in [1.807, 2.05) is 37.3 Å². The van der Waals surface area contributed by atoms with Crippen LogP contribution < -0.4 is 4.90 Å². The Balaban J connectivity index is 2.41. The maximum Gasteiger partial charge on any atom is 0.303 e. The molecule has 0 unspecified atom stereocenters. The van der Waals surface area contributed by atoms with Gasteiger partial charge in [-0.15, -0.1) is 0 Å². The van der Waals surface area contributed by atoms with Crippen molar-refractivity contribution in [1.29, 1.82) is 0 Å². The summed E-state index contributed by atoms with van der Waals surface area (Å²) in [6.07, 6.45) is 0.713. The molecule has 0 aliphatic carbocycles. The molecule has 0 heterocycles. The van der Waals surface area contributed by atoms with E-state index in [-0.39, 0.29) is 6.42 Å². The molecule has 110 valence electrons. The summed E-state index contributed by atoms with van der Waals surface area (Å²) in [5.74, 6) is -0.757. The van der Waals surface area contributed by atoms with E-state index in [0.29, 0.717) is 6.42 Å². The van der Waals surface area contributed by atoms with E-state index in [0.717, 1.165) is 29.0 Å². The molecule has 0 atom stereocenters. The fraction of sp³-hybridized carbons (Fsp3) is 0.278. The highest BCUT2D eigenvalue weighted by Gasteiger charge is 2.14. The summed E-state index contributed by atoms with van der Waals surface area (Å²) < 4.78 is 0. The summed E-state index contributed by atoms with van der Waals surface area (Å²) in [6.45, 7) is 4.99. The minimum absolute atomic E-state index is 0.157. The minimum atomic E-state index is -0.757. The molecule has 0 aromatic heterocycles. The number of aryl methyl sites for hydroxylation is 1. The molecule has 3 heteroatoms. The predicted molar refractivity (Wildman–Crippen MR) is 86.3 cm³/mol. The van der Waals surface area contributed by atoms with Gasteiger partial charge in [-0.1, -0.05) is 30.3 Å². The molecule has 2 rings (SSSR count). The van der Waals surface area contributed by atoms with Crippen molar-refractivity contribution in [3.05, 3.63) is 59.7 Å². The minimum Gasteiger partial charge on any atom is -0.481 e. The summed E-state index contributed by atoms with van der Waals surface area (Å²) in [6, 6.07) is 16.3. The predicted octanol–water partition coefficient (Wildman–Crippen LogP) is 4.17. The fourth-order valence-electron chi connectivity index (χ4n) is 2.60. The van der Waals surface area contributed by atoms with Crippen molar-refractivity contribution >= 4 is 17.3 Å². The van der Waals surface area contributed by atoms with Crippen LogP contribution in [0.1, 0.15) is 24.5 Å². The van der Waals surface area contributed by atoms with Gasteiger partial charge in [-0.2, -0.15) is 0 Å². The zero-order valence-corrected chi connectivity index (χ0v) is 12.5. The van der Waals surface area contributed by atoms with Crippen LogP contribution in [-0.4, -0.2) is 17.6 Å². The first-order valence-electron chi connectivity index (χ1n) is 7.26. The second-order valence-corrected chi connectivity index (χ2v) is 5.05. The van der Waals surface area contributed by atoms with E-state index in [2.05, 4.69) is 30.0 Å². The molecule has 1 N–H and O–H groups in total. The number of hydrogen-bond acceptors (Lipinski definition) is 2.